The number of hydrogen-bond acceptors (Lipinski definition) is 1. The standard InChI is InChI=1S/C10H8F4O/c11-7-3-2-6(10(12,13)14)9-5(7)1-4-8(9)15/h2-3,8,15H,1,4H2. The molecule has 1 aliphatic rings. The van der Waals surface area contributed by atoms with E-state index in [9.17, 15) is 22.7 Å². The Morgan fingerprint density at radius 3 is 2.53 bits per heavy atom. The van der Waals surface area contributed by atoms with Crippen LogP contribution in [0.25, 0.3) is 0 Å². The van der Waals surface area contributed by atoms with Crippen LogP contribution in [0.1, 0.15) is 29.2 Å². The van der Waals surface area contributed by atoms with Gasteiger partial charge in [-0.2, -0.15) is 13.2 Å². The molecule has 0 saturated heterocycles. The normalized spacial score (nSPS) is 20.5. The van der Waals surface area contributed by atoms with Crippen molar-refractivity contribution in [3.05, 3.63) is 34.6 Å². The third-order valence-electron chi connectivity index (χ3n) is 2.61. The molecule has 1 N–H and O–H groups in total. The Balaban J connectivity index is 2.64. The quantitative estimate of drug-likeness (QED) is 0.666. The molecule has 0 spiro atoms. The minimum atomic E-state index is -4.54. The van der Waals surface area contributed by atoms with E-state index < -0.39 is 23.7 Å². The van der Waals surface area contributed by atoms with Crippen LogP contribution >= 0.6 is 0 Å². The van der Waals surface area contributed by atoms with Gasteiger partial charge in [-0.05, 0) is 36.1 Å². The molecular weight excluding hydrogens is 212 g/mol. The number of alkyl halides is 3. The van der Waals surface area contributed by atoms with Crippen LogP contribution in [0.4, 0.5) is 17.6 Å². The average Bonchev–Trinajstić information content (AvgIpc) is 2.48. The summed E-state index contributed by atoms with van der Waals surface area (Å²) in [5, 5.41) is 9.38. The zero-order valence-electron chi connectivity index (χ0n) is 7.61. The Morgan fingerprint density at radius 2 is 1.93 bits per heavy atom. The summed E-state index contributed by atoms with van der Waals surface area (Å²) in [6, 6.07) is 1.49. The number of fused-ring (bicyclic) bond motifs is 1. The molecule has 0 aromatic heterocycles. The van der Waals surface area contributed by atoms with E-state index in [1.807, 2.05) is 0 Å². The van der Waals surface area contributed by atoms with Crippen LogP contribution in [-0.4, -0.2) is 5.11 Å². The third kappa shape index (κ3) is 1.61. The second kappa shape index (κ2) is 3.20. The van der Waals surface area contributed by atoms with Crippen molar-refractivity contribution in [2.24, 2.45) is 0 Å². The first-order chi connectivity index (χ1) is 6.91. The van der Waals surface area contributed by atoms with Gasteiger partial charge in [-0.15, -0.1) is 0 Å². The highest BCUT2D eigenvalue weighted by Gasteiger charge is 2.39. The fourth-order valence-corrected chi connectivity index (χ4v) is 1.95. The van der Waals surface area contributed by atoms with Crippen LogP contribution in [0.2, 0.25) is 0 Å². The largest absolute Gasteiger partial charge is 0.416 e. The molecule has 2 rings (SSSR count). The summed E-state index contributed by atoms with van der Waals surface area (Å²) >= 11 is 0. The maximum absolute atomic E-state index is 13.2. The Kier molecular flexibility index (Phi) is 2.22. The molecule has 0 saturated carbocycles. The summed E-state index contributed by atoms with van der Waals surface area (Å²) < 4.78 is 50.7. The SMILES string of the molecule is OC1CCc2c(F)ccc(C(F)(F)F)c21. The number of hydrogen-bond donors (Lipinski definition) is 1. The van der Waals surface area contributed by atoms with Crippen LogP contribution in [0.15, 0.2) is 12.1 Å². The predicted octanol–water partition coefficient (Wildman–Crippen LogP) is 2.82. The summed E-state index contributed by atoms with van der Waals surface area (Å²) in [4.78, 5) is 0. The van der Waals surface area contributed by atoms with Crippen LogP contribution in [-0.2, 0) is 12.6 Å². The third-order valence-corrected chi connectivity index (χ3v) is 2.61. The minimum Gasteiger partial charge on any atom is -0.388 e. The number of benzene rings is 1. The van der Waals surface area contributed by atoms with Gasteiger partial charge >= 0.3 is 6.18 Å². The highest BCUT2D eigenvalue weighted by molar-refractivity contribution is 5.42. The molecule has 1 atom stereocenters. The monoisotopic (exact) mass is 220 g/mol. The molecular formula is C10H8F4O. The van der Waals surface area contributed by atoms with Gasteiger partial charge < -0.3 is 5.11 Å². The maximum Gasteiger partial charge on any atom is 0.416 e. The summed E-state index contributed by atoms with van der Waals surface area (Å²) in [6.07, 6.45) is -5.43. The molecule has 0 fully saturated rings. The van der Waals surface area contributed by atoms with Crippen LogP contribution < -0.4 is 0 Å². The molecule has 0 amide bonds. The highest BCUT2D eigenvalue weighted by Crippen LogP contribution is 2.42. The zero-order chi connectivity index (χ0) is 11.2. The predicted molar refractivity (Wildman–Crippen MR) is 44.7 cm³/mol. The van der Waals surface area contributed by atoms with Gasteiger partial charge in [0.2, 0.25) is 0 Å². The minimum absolute atomic E-state index is 0.00248. The zero-order valence-corrected chi connectivity index (χ0v) is 7.61. The van der Waals surface area contributed by atoms with Crippen molar-refractivity contribution in [2.45, 2.75) is 25.1 Å². The van der Waals surface area contributed by atoms with E-state index in [0.717, 1.165) is 6.07 Å². The van der Waals surface area contributed by atoms with Gasteiger partial charge in [0, 0.05) is 0 Å². The van der Waals surface area contributed by atoms with Crippen molar-refractivity contribution in [1.82, 2.24) is 0 Å². The van der Waals surface area contributed by atoms with Gasteiger partial charge in [0.1, 0.15) is 5.82 Å². The Bertz CT molecular complexity index is 397. The van der Waals surface area contributed by atoms with E-state index in [0.29, 0.717) is 6.07 Å². The van der Waals surface area contributed by atoms with E-state index in [2.05, 4.69) is 0 Å². The lowest BCUT2D eigenvalue weighted by molar-refractivity contribution is -0.139. The molecule has 0 bridgehead atoms. The van der Waals surface area contributed by atoms with Crippen molar-refractivity contribution in [2.75, 3.05) is 0 Å². The fraction of sp³-hybridized carbons (Fsp3) is 0.400. The van der Waals surface area contributed by atoms with E-state index in [4.69, 9.17) is 0 Å². The van der Waals surface area contributed by atoms with Crippen molar-refractivity contribution >= 4 is 0 Å². The average molecular weight is 220 g/mol. The molecule has 1 aromatic carbocycles. The first kappa shape index (κ1) is 10.4. The summed E-state index contributed by atoms with van der Waals surface area (Å²) in [6.45, 7) is 0. The molecule has 5 heteroatoms. The summed E-state index contributed by atoms with van der Waals surface area (Å²) in [7, 11) is 0. The Labute approximate surface area is 83.3 Å². The smallest absolute Gasteiger partial charge is 0.388 e. The first-order valence-electron chi connectivity index (χ1n) is 4.48. The summed E-state index contributed by atoms with van der Waals surface area (Å²) in [5.74, 6) is -0.672. The molecule has 0 heterocycles. The molecule has 1 aromatic rings. The first-order valence-corrected chi connectivity index (χ1v) is 4.48. The highest BCUT2D eigenvalue weighted by atomic mass is 19.4. The van der Waals surface area contributed by atoms with E-state index in [-0.39, 0.29) is 24.0 Å². The van der Waals surface area contributed by atoms with Crippen LogP contribution in [0.5, 0.6) is 0 Å². The van der Waals surface area contributed by atoms with Gasteiger partial charge in [0.15, 0.2) is 0 Å². The van der Waals surface area contributed by atoms with E-state index in [1.54, 1.807) is 0 Å². The lowest BCUT2D eigenvalue weighted by Crippen LogP contribution is -2.11. The van der Waals surface area contributed by atoms with Gasteiger partial charge in [0.25, 0.3) is 0 Å². The molecule has 0 aliphatic heterocycles. The molecule has 1 nitrogen and oxygen atoms in total. The van der Waals surface area contributed by atoms with E-state index in [1.165, 1.54) is 0 Å². The molecule has 15 heavy (non-hydrogen) atoms. The second-order valence-electron chi connectivity index (χ2n) is 3.54. The molecule has 1 aliphatic carbocycles. The van der Waals surface area contributed by atoms with Crippen molar-refractivity contribution in [3.63, 3.8) is 0 Å². The molecule has 1 unspecified atom stereocenters. The van der Waals surface area contributed by atoms with Crippen molar-refractivity contribution < 1.29 is 22.7 Å². The Morgan fingerprint density at radius 1 is 1.27 bits per heavy atom. The molecule has 0 radical (unpaired) electrons. The van der Waals surface area contributed by atoms with Gasteiger partial charge in [-0.3, -0.25) is 0 Å². The number of aliphatic hydroxyl groups is 1. The molecule has 82 valence electrons. The van der Waals surface area contributed by atoms with Crippen LogP contribution in [0, 0.1) is 5.82 Å². The topological polar surface area (TPSA) is 20.2 Å². The van der Waals surface area contributed by atoms with Crippen molar-refractivity contribution in [1.29, 1.82) is 0 Å². The summed E-state index contributed by atoms with van der Waals surface area (Å²) in [5.41, 5.74) is -1.22. The Hall–Kier alpha value is -1.10. The number of rotatable bonds is 0. The number of halogens is 4. The lowest BCUT2D eigenvalue weighted by atomic mass is 10.0. The fourth-order valence-electron chi connectivity index (χ4n) is 1.95. The second-order valence-corrected chi connectivity index (χ2v) is 3.54. The van der Waals surface area contributed by atoms with Gasteiger partial charge in [-0.1, -0.05) is 0 Å². The number of aliphatic hydroxyl groups excluding tert-OH is 1. The van der Waals surface area contributed by atoms with Crippen LogP contribution in [0.3, 0.4) is 0 Å². The maximum atomic E-state index is 13.2. The lowest BCUT2D eigenvalue weighted by Gasteiger charge is -2.14. The van der Waals surface area contributed by atoms with Gasteiger partial charge in [0.05, 0.1) is 11.7 Å². The van der Waals surface area contributed by atoms with Crippen molar-refractivity contribution in [3.8, 4) is 0 Å². The van der Waals surface area contributed by atoms with Gasteiger partial charge in [-0.25, -0.2) is 4.39 Å². The van der Waals surface area contributed by atoms with E-state index >= 15 is 0 Å².